The smallest absolute Gasteiger partial charge is 0.255 e. The molecule has 31 heavy (non-hydrogen) atoms. The van der Waals surface area contributed by atoms with Crippen LogP contribution in [0.2, 0.25) is 0 Å². The lowest BCUT2D eigenvalue weighted by molar-refractivity contribution is 0.102. The van der Waals surface area contributed by atoms with E-state index in [0.29, 0.717) is 12.1 Å². The maximum atomic E-state index is 12.9. The second kappa shape index (κ2) is 9.45. The molecule has 3 aromatic carbocycles. The summed E-state index contributed by atoms with van der Waals surface area (Å²) in [5.74, 6) is -0.189. The van der Waals surface area contributed by atoms with E-state index in [2.05, 4.69) is 5.32 Å². The number of benzene rings is 3. The third kappa shape index (κ3) is 5.21. The summed E-state index contributed by atoms with van der Waals surface area (Å²) in [4.78, 5) is 13.0. The van der Waals surface area contributed by atoms with Crippen LogP contribution in [-0.4, -0.2) is 25.2 Å². The molecule has 5 nitrogen and oxygen atoms in total. The van der Waals surface area contributed by atoms with E-state index in [0.717, 1.165) is 27.9 Å². The fourth-order valence-corrected chi connectivity index (χ4v) is 5.09. The fraction of sp³-hybridized carbons (Fsp3) is 0.240. The summed E-state index contributed by atoms with van der Waals surface area (Å²) in [5.41, 5.74) is 5.37. The summed E-state index contributed by atoms with van der Waals surface area (Å²) < 4.78 is 27.2. The zero-order chi connectivity index (χ0) is 22.6. The van der Waals surface area contributed by atoms with Crippen molar-refractivity contribution in [2.24, 2.45) is 0 Å². The first kappa shape index (κ1) is 22.7. The quantitative estimate of drug-likeness (QED) is 0.562. The fourth-order valence-electron chi connectivity index (χ4n) is 3.64. The SMILES string of the molecule is CCN(Cc1ccc(C(=O)Nc2c(C)cc(C)cc2C)cc1)S(=O)(=O)c1ccccc1. The van der Waals surface area contributed by atoms with Gasteiger partial charge >= 0.3 is 0 Å². The molecule has 0 saturated heterocycles. The first-order chi connectivity index (χ1) is 14.7. The summed E-state index contributed by atoms with van der Waals surface area (Å²) in [6.45, 7) is 8.39. The molecule has 0 aromatic heterocycles. The number of nitrogens with zero attached hydrogens (tertiary/aromatic N) is 1. The van der Waals surface area contributed by atoms with Gasteiger partial charge in [0.05, 0.1) is 4.90 Å². The van der Waals surface area contributed by atoms with E-state index < -0.39 is 10.0 Å². The standard InChI is InChI=1S/C25H28N2O3S/c1-5-27(31(29,30)23-9-7-6-8-10-23)17-21-11-13-22(14-12-21)25(28)26-24-19(3)15-18(2)16-20(24)4/h6-16H,5,17H2,1-4H3,(H,26,28). The van der Waals surface area contributed by atoms with E-state index >= 15 is 0 Å². The molecule has 0 aliphatic carbocycles. The molecule has 0 aliphatic rings. The molecular formula is C25H28N2O3S. The molecule has 0 spiro atoms. The second-order valence-electron chi connectivity index (χ2n) is 7.67. The van der Waals surface area contributed by atoms with Gasteiger partial charge in [-0.3, -0.25) is 4.79 Å². The molecule has 1 N–H and O–H groups in total. The maximum absolute atomic E-state index is 12.9. The highest BCUT2D eigenvalue weighted by molar-refractivity contribution is 7.89. The van der Waals surface area contributed by atoms with Crippen molar-refractivity contribution in [3.8, 4) is 0 Å². The zero-order valence-corrected chi connectivity index (χ0v) is 19.2. The second-order valence-corrected chi connectivity index (χ2v) is 9.61. The van der Waals surface area contributed by atoms with E-state index in [9.17, 15) is 13.2 Å². The summed E-state index contributed by atoms with van der Waals surface area (Å²) in [5, 5.41) is 2.99. The van der Waals surface area contributed by atoms with Crippen LogP contribution in [0, 0.1) is 20.8 Å². The highest BCUT2D eigenvalue weighted by Crippen LogP contribution is 2.23. The summed E-state index contributed by atoms with van der Waals surface area (Å²) >= 11 is 0. The Hall–Kier alpha value is -2.96. The molecule has 0 bridgehead atoms. The summed E-state index contributed by atoms with van der Waals surface area (Å²) in [6, 6.07) is 19.5. The number of rotatable bonds is 7. The van der Waals surface area contributed by atoms with E-state index in [1.165, 1.54) is 4.31 Å². The molecule has 6 heteroatoms. The zero-order valence-electron chi connectivity index (χ0n) is 18.3. The van der Waals surface area contributed by atoms with Crippen LogP contribution in [-0.2, 0) is 16.6 Å². The van der Waals surface area contributed by atoms with Crippen LogP contribution in [0.1, 0.15) is 39.5 Å². The van der Waals surface area contributed by atoms with Crippen molar-refractivity contribution >= 4 is 21.6 Å². The van der Waals surface area contributed by atoms with E-state index in [-0.39, 0.29) is 17.3 Å². The van der Waals surface area contributed by atoms with Crippen LogP contribution in [0.15, 0.2) is 71.6 Å². The van der Waals surface area contributed by atoms with Gasteiger partial charge < -0.3 is 5.32 Å². The Labute approximate surface area is 184 Å². The molecule has 0 unspecified atom stereocenters. The minimum atomic E-state index is -3.58. The molecule has 0 radical (unpaired) electrons. The van der Waals surface area contributed by atoms with Crippen molar-refractivity contribution in [2.45, 2.75) is 39.1 Å². The van der Waals surface area contributed by atoms with Crippen LogP contribution < -0.4 is 5.32 Å². The Balaban J connectivity index is 1.74. The topological polar surface area (TPSA) is 66.5 Å². The van der Waals surface area contributed by atoms with Crippen molar-refractivity contribution in [1.29, 1.82) is 0 Å². The molecule has 0 aliphatic heterocycles. The van der Waals surface area contributed by atoms with Crippen molar-refractivity contribution in [1.82, 2.24) is 4.31 Å². The Kier molecular flexibility index (Phi) is 6.93. The predicted molar refractivity (Wildman–Crippen MR) is 125 cm³/mol. The minimum Gasteiger partial charge on any atom is -0.322 e. The van der Waals surface area contributed by atoms with Gasteiger partial charge in [0.1, 0.15) is 0 Å². The van der Waals surface area contributed by atoms with Gasteiger partial charge in [-0.1, -0.05) is 55.0 Å². The van der Waals surface area contributed by atoms with Crippen molar-refractivity contribution in [2.75, 3.05) is 11.9 Å². The van der Waals surface area contributed by atoms with Crippen LogP contribution in [0.3, 0.4) is 0 Å². The molecule has 0 fully saturated rings. The summed E-state index contributed by atoms with van der Waals surface area (Å²) in [7, 11) is -3.58. The van der Waals surface area contributed by atoms with Gasteiger partial charge in [0.2, 0.25) is 10.0 Å². The molecule has 3 aromatic rings. The highest BCUT2D eigenvalue weighted by atomic mass is 32.2. The van der Waals surface area contributed by atoms with Crippen molar-refractivity contribution < 1.29 is 13.2 Å². The normalized spacial score (nSPS) is 11.5. The Morgan fingerprint density at radius 1 is 0.903 bits per heavy atom. The number of amides is 1. The maximum Gasteiger partial charge on any atom is 0.255 e. The van der Waals surface area contributed by atoms with Crippen molar-refractivity contribution in [3.05, 3.63) is 94.5 Å². The molecule has 162 valence electrons. The van der Waals surface area contributed by atoms with E-state index in [4.69, 9.17) is 0 Å². The van der Waals surface area contributed by atoms with Gasteiger partial charge in [0, 0.05) is 24.3 Å². The minimum absolute atomic E-state index is 0.189. The van der Waals surface area contributed by atoms with E-state index in [1.54, 1.807) is 54.6 Å². The van der Waals surface area contributed by atoms with Gasteiger partial charge in [0.25, 0.3) is 5.91 Å². The van der Waals surface area contributed by atoms with Gasteiger partial charge in [0.15, 0.2) is 0 Å². The van der Waals surface area contributed by atoms with Gasteiger partial charge in [-0.2, -0.15) is 4.31 Å². The lowest BCUT2D eigenvalue weighted by Gasteiger charge is -2.20. The van der Waals surface area contributed by atoms with Gasteiger partial charge in [-0.15, -0.1) is 0 Å². The number of hydrogen-bond donors (Lipinski definition) is 1. The first-order valence-corrected chi connectivity index (χ1v) is 11.7. The molecule has 0 saturated carbocycles. The number of nitrogens with one attached hydrogen (secondary N) is 1. The van der Waals surface area contributed by atoms with Crippen molar-refractivity contribution in [3.63, 3.8) is 0 Å². The average molecular weight is 437 g/mol. The van der Waals surface area contributed by atoms with Crippen LogP contribution in [0.25, 0.3) is 0 Å². The number of carbonyl (C=O) groups is 1. The molecule has 0 atom stereocenters. The van der Waals surface area contributed by atoms with Gasteiger partial charge in [-0.25, -0.2) is 8.42 Å². The van der Waals surface area contributed by atoms with Gasteiger partial charge in [-0.05, 0) is 61.7 Å². The predicted octanol–water partition coefficient (Wildman–Crippen LogP) is 5.07. The molecule has 0 heterocycles. The average Bonchev–Trinajstić information content (AvgIpc) is 2.75. The number of aryl methyl sites for hydroxylation is 3. The number of anilines is 1. The monoisotopic (exact) mass is 436 g/mol. The van der Waals surface area contributed by atoms with E-state index in [1.807, 2.05) is 39.8 Å². The van der Waals surface area contributed by atoms with Crippen LogP contribution in [0.4, 0.5) is 5.69 Å². The number of hydrogen-bond acceptors (Lipinski definition) is 3. The molecule has 3 rings (SSSR count). The Morgan fingerprint density at radius 3 is 2.03 bits per heavy atom. The third-order valence-corrected chi connectivity index (χ3v) is 7.16. The highest BCUT2D eigenvalue weighted by Gasteiger charge is 2.23. The Morgan fingerprint density at radius 2 is 1.48 bits per heavy atom. The summed E-state index contributed by atoms with van der Waals surface area (Å²) in [6.07, 6.45) is 0. The lowest BCUT2D eigenvalue weighted by atomic mass is 10.0. The van der Waals surface area contributed by atoms with Crippen LogP contribution in [0.5, 0.6) is 0 Å². The largest absolute Gasteiger partial charge is 0.322 e. The number of carbonyl (C=O) groups excluding carboxylic acids is 1. The molecular weight excluding hydrogens is 408 g/mol. The lowest BCUT2D eigenvalue weighted by Crippen LogP contribution is -2.30. The molecule has 1 amide bonds. The third-order valence-electron chi connectivity index (χ3n) is 5.22. The Bertz CT molecular complexity index is 1150. The van der Waals surface area contributed by atoms with Crippen LogP contribution >= 0.6 is 0 Å². The number of sulfonamides is 1. The first-order valence-electron chi connectivity index (χ1n) is 10.3.